The van der Waals surface area contributed by atoms with Crippen LogP contribution in [0.2, 0.25) is 0 Å². The fraction of sp³-hybridized carbons (Fsp3) is 0.200. The molecule has 3 nitrogen and oxygen atoms in total. The van der Waals surface area contributed by atoms with Gasteiger partial charge in [0.25, 0.3) is 5.56 Å². The molecule has 0 aliphatic rings. The second-order valence-corrected chi connectivity index (χ2v) is 4.21. The van der Waals surface area contributed by atoms with Gasteiger partial charge in [0, 0.05) is 16.8 Å². The van der Waals surface area contributed by atoms with Crippen molar-refractivity contribution in [3.05, 3.63) is 57.5 Å². The second-order valence-electron chi connectivity index (χ2n) is 4.21. The maximum absolute atomic E-state index is 11.7. The Morgan fingerprint density at radius 3 is 2.78 bits per heavy atom. The van der Waals surface area contributed by atoms with Crippen molar-refractivity contribution in [2.24, 2.45) is 0 Å². The third-order valence-electron chi connectivity index (χ3n) is 3.00. The molecular weight excluding hydrogens is 224 g/mol. The highest BCUT2D eigenvalue weighted by Crippen LogP contribution is 2.22. The molecule has 0 spiro atoms. The summed E-state index contributed by atoms with van der Waals surface area (Å²) in [5, 5.41) is 8.92. The highest BCUT2D eigenvalue weighted by Gasteiger charge is 2.07. The quantitative estimate of drug-likeness (QED) is 0.874. The second kappa shape index (κ2) is 4.89. The lowest BCUT2D eigenvalue weighted by Gasteiger charge is -2.08. The summed E-state index contributed by atoms with van der Waals surface area (Å²) in [4.78, 5) is 14.5. The molecule has 3 heteroatoms. The normalized spacial score (nSPS) is 10.1. The number of nitrogens with zero attached hydrogens (tertiary/aromatic N) is 1. The minimum Gasteiger partial charge on any atom is -0.326 e. The Balaban J connectivity index is 2.63. The van der Waals surface area contributed by atoms with Gasteiger partial charge in [0.1, 0.15) is 0 Å². The lowest BCUT2D eigenvalue weighted by atomic mass is 10.00. The summed E-state index contributed by atoms with van der Waals surface area (Å²) in [5.41, 5.74) is 4.11. The van der Waals surface area contributed by atoms with Crippen LogP contribution in [0.1, 0.15) is 23.7 Å². The third-order valence-corrected chi connectivity index (χ3v) is 3.00. The van der Waals surface area contributed by atoms with Crippen molar-refractivity contribution >= 4 is 0 Å². The topological polar surface area (TPSA) is 56.6 Å². The molecule has 18 heavy (non-hydrogen) atoms. The van der Waals surface area contributed by atoms with Crippen LogP contribution in [0.25, 0.3) is 11.1 Å². The summed E-state index contributed by atoms with van der Waals surface area (Å²) in [6.07, 6.45) is 0.695. The number of hydrogen-bond acceptors (Lipinski definition) is 2. The first-order valence-corrected chi connectivity index (χ1v) is 5.89. The highest BCUT2D eigenvalue weighted by atomic mass is 16.1. The fourth-order valence-electron chi connectivity index (χ4n) is 1.98. The van der Waals surface area contributed by atoms with Crippen LogP contribution in [0.5, 0.6) is 0 Å². The standard InChI is InChI=1S/C15H14N2O/c1-3-12-8-14(10(2)17-15(12)18)13-6-4-5-11(7-13)9-16/h4-8H,3H2,1-2H3,(H,17,18). The van der Waals surface area contributed by atoms with E-state index in [-0.39, 0.29) is 5.56 Å². The van der Waals surface area contributed by atoms with Crippen molar-refractivity contribution in [3.63, 3.8) is 0 Å². The van der Waals surface area contributed by atoms with Gasteiger partial charge < -0.3 is 4.98 Å². The zero-order valence-corrected chi connectivity index (χ0v) is 10.4. The van der Waals surface area contributed by atoms with E-state index in [1.165, 1.54) is 0 Å². The molecule has 2 aromatic rings. The maximum Gasteiger partial charge on any atom is 0.251 e. The van der Waals surface area contributed by atoms with Crippen LogP contribution in [0.15, 0.2) is 35.1 Å². The van der Waals surface area contributed by atoms with Crippen molar-refractivity contribution in [3.8, 4) is 17.2 Å². The average Bonchev–Trinajstić information content (AvgIpc) is 2.39. The Hall–Kier alpha value is -2.34. The molecule has 1 N–H and O–H groups in total. The Morgan fingerprint density at radius 1 is 1.33 bits per heavy atom. The van der Waals surface area contributed by atoms with Crippen LogP contribution in [0.4, 0.5) is 0 Å². The average molecular weight is 238 g/mol. The van der Waals surface area contributed by atoms with E-state index in [9.17, 15) is 4.79 Å². The molecule has 0 unspecified atom stereocenters. The summed E-state index contributed by atoms with van der Waals surface area (Å²) in [6, 6.07) is 11.4. The minimum absolute atomic E-state index is 0.0322. The summed E-state index contributed by atoms with van der Waals surface area (Å²) in [5.74, 6) is 0. The van der Waals surface area contributed by atoms with Crippen LogP contribution < -0.4 is 5.56 Å². The molecule has 0 aliphatic carbocycles. The molecule has 1 aromatic heterocycles. The first-order valence-electron chi connectivity index (χ1n) is 5.89. The van der Waals surface area contributed by atoms with E-state index in [1.807, 2.05) is 38.1 Å². The Kier molecular flexibility index (Phi) is 3.29. The van der Waals surface area contributed by atoms with E-state index in [2.05, 4.69) is 11.1 Å². The van der Waals surface area contributed by atoms with Gasteiger partial charge in [-0.25, -0.2) is 0 Å². The number of nitriles is 1. The summed E-state index contributed by atoms with van der Waals surface area (Å²) < 4.78 is 0. The molecule has 0 saturated carbocycles. The molecule has 1 heterocycles. The molecule has 0 bridgehead atoms. The number of hydrogen-bond donors (Lipinski definition) is 1. The van der Waals surface area contributed by atoms with E-state index in [4.69, 9.17) is 5.26 Å². The van der Waals surface area contributed by atoms with E-state index >= 15 is 0 Å². The Bertz CT molecular complexity index is 678. The summed E-state index contributed by atoms with van der Waals surface area (Å²) >= 11 is 0. The van der Waals surface area contributed by atoms with Gasteiger partial charge in [-0.3, -0.25) is 4.79 Å². The fourth-order valence-corrected chi connectivity index (χ4v) is 1.98. The van der Waals surface area contributed by atoms with Gasteiger partial charge >= 0.3 is 0 Å². The minimum atomic E-state index is -0.0322. The number of nitrogens with one attached hydrogen (secondary N) is 1. The Labute approximate surface area is 106 Å². The number of aromatic amines is 1. The molecule has 0 fully saturated rings. The monoisotopic (exact) mass is 238 g/mol. The van der Waals surface area contributed by atoms with Crippen LogP contribution in [0.3, 0.4) is 0 Å². The van der Waals surface area contributed by atoms with Crippen molar-refractivity contribution in [1.29, 1.82) is 5.26 Å². The van der Waals surface area contributed by atoms with Crippen LogP contribution in [0, 0.1) is 18.3 Å². The zero-order valence-electron chi connectivity index (χ0n) is 10.4. The first kappa shape index (κ1) is 12.1. The van der Waals surface area contributed by atoms with Crippen molar-refractivity contribution < 1.29 is 0 Å². The van der Waals surface area contributed by atoms with Gasteiger partial charge in [-0.1, -0.05) is 19.1 Å². The first-order chi connectivity index (χ1) is 8.65. The number of benzene rings is 1. The molecule has 90 valence electrons. The number of H-pyrrole nitrogens is 1. The number of pyridine rings is 1. The predicted molar refractivity (Wildman–Crippen MR) is 71.3 cm³/mol. The van der Waals surface area contributed by atoms with E-state index in [1.54, 1.807) is 6.07 Å². The van der Waals surface area contributed by atoms with Crippen molar-refractivity contribution in [1.82, 2.24) is 4.98 Å². The van der Waals surface area contributed by atoms with Gasteiger partial charge in [0.15, 0.2) is 0 Å². The zero-order chi connectivity index (χ0) is 13.1. The lowest BCUT2D eigenvalue weighted by molar-refractivity contribution is 1.03. The lowest BCUT2D eigenvalue weighted by Crippen LogP contribution is -2.13. The van der Waals surface area contributed by atoms with Crippen molar-refractivity contribution in [2.75, 3.05) is 0 Å². The Morgan fingerprint density at radius 2 is 2.11 bits per heavy atom. The van der Waals surface area contributed by atoms with E-state index < -0.39 is 0 Å². The molecule has 1 aromatic carbocycles. The van der Waals surface area contributed by atoms with Crippen LogP contribution in [-0.4, -0.2) is 4.98 Å². The van der Waals surface area contributed by atoms with Gasteiger partial charge in [-0.2, -0.15) is 5.26 Å². The molecular formula is C15H14N2O. The smallest absolute Gasteiger partial charge is 0.251 e. The van der Waals surface area contributed by atoms with Gasteiger partial charge in [-0.15, -0.1) is 0 Å². The molecule has 0 aliphatic heterocycles. The van der Waals surface area contributed by atoms with E-state index in [0.29, 0.717) is 12.0 Å². The molecule has 0 radical (unpaired) electrons. The van der Waals surface area contributed by atoms with Crippen molar-refractivity contribution in [2.45, 2.75) is 20.3 Å². The maximum atomic E-state index is 11.7. The molecule has 0 atom stereocenters. The molecule has 0 amide bonds. The largest absolute Gasteiger partial charge is 0.326 e. The highest BCUT2D eigenvalue weighted by molar-refractivity contribution is 5.67. The predicted octanol–water partition coefficient (Wildman–Crippen LogP) is 2.78. The third kappa shape index (κ3) is 2.18. The number of rotatable bonds is 2. The van der Waals surface area contributed by atoms with Gasteiger partial charge in [0.05, 0.1) is 11.6 Å². The van der Waals surface area contributed by atoms with Crippen LogP contribution >= 0.6 is 0 Å². The van der Waals surface area contributed by atoms with Gasteiger partial charge in [-0.05, 0) is 37.1 Å². The number of aromatic nitrogens is 1. The van der Waals surface area contributed by atoms with Crippen LogP contribution in [-0.2, 0) is 6.42 Å². The van der Waals surface area contributed by atoms with E-state index in [0.717, 1.165) is 22.4 Å². The molecule has 0 saturated heterocycles. The molecule has 2 rings (SSSR count). The van der Waals surface area contributed by atoms with Gasteiger partial charge in [0.2, 0.25) is 0 Å². The summed E-state index contributed by atoms with van der Waals surface area (Å²) in [7, 11) is 0. The summed E-state index contributed by atoms with van der Waals surface area (Å²) in [6.45, 7) is 3.82. The number of aryl methyl sites for hydroxylation is 2. The SMILES string of the molecule is CCc1cc(-c2cccc(C#N)c2)c(C)[nH]c1=O.